The average Bonchev–Trinajstić information content (AvgIpc) is 2.94. The maximum Gasteiger partial charge on any atom is 0.264 e. The van der Waals surface area contributed by atoms with E-state index in [1.807, 2.05) is 0 Å². The summed E-state index contributed by atoms with van der Waals surface area (Å²) in [5.74, 6) is -2.66. The number of carbonyl (C=O) groups is 4. The number of nitrogens with zero attached hydrogens (tertiary/aromatic N) is 1. The van der Waals surface area contributed by atoms with Crippen molar-refractivity contribution in [3.63, 3.8) is 0 Å². The van der Waals surface area contributed by atoms with E-state index in [-0.39, 0.29) is 29.8 Å². The van der Waals surface area contributed by atoms with Gasteiger partial charge in [0, 0.05) is 17.7 Å². The van der Waals surface area contributed by atoms with Gasteiger partial charge in [0.2, 0.25) is 11.8 Å². The van der Waals surface area contributed by atoms with Gasteiger partial charge in [-0.1, -0.05) is 24.3 Å². The number of rotatable bonds is 4. The van der Waals surface area contributed by atoms with E-state index in [0.717, 1.165) is 4.90 Å². The first-order valence-electron chi connectivity index (χ1n) is 9.24. The zero-order valence-corrected chi connectivity index (χ0v) is 15.6. The third-order valence-electron chi connectivity index (χ3n) is 5.21. The number of carbonyl (C=O) groups excluding carboxylic acids is 4. The van der Waals surface area contributed by atoms with E-state index in [4.69, 9.17) is 0 Å². The minimum absolute atomic E-state index is 0.0548. The second kappa shape index (κ2) is 7.12. The fourth-order valence-electron chi connectivity index (χ4n) is 3.77. The first kappa shape index (κ1) is 18.8. The van der Waals surface area contributed by atoms with Gasteiger partial charge in [-0.3, -0.25) is 29.4 Å². The van der Waals surface area contributed by atoms with Crippen molar-refractivity contribution in [1.82, 2.24) is 10.2 Å². The van der Waals surface area contributed by atoms with Crippen LogP contribution in [0, 0.1) is 5.82 Å². The summed E-state index contributed by atoms with van der Waals surface area (Å²) in [5, 5.41) is 5.27. The maximum absolute atomic E-state index is 14.1. The fraction of sp³-hybridized carbons (Fsp3) is 0.238. The van der Waals surface area contributed by atoms with Crippen molar-refractivity contribution in [1.29, 1.82) is 0 Å². The second-order valence-corrected chi connectivity index (χ2v) is 7.06. The van der Waals surface area contributed by atoms with Crippen molar-refractivity contribution in [2.75, 3.05) is 5.32 Å². The molecular weight excluding hydrogens is 377 g/mol. The molecule has 1 fully saturated rings. The molecule has 0 aromatic heterocycles. The summed E-state index contributed by atoms with van der Waals surface area (Å²) >= 11 is 0. The molecule has 2 atom stereocenters. The van der Waals surface area contributed by atoms with Crippen molar-refractivity contribution >= 4 is 29.3 Å². The number of nitrogens with one attached hydrogen (secondary N) is 2. The quantitative estimate of drug-likeness (QED) is 0.775. The van der Waals surface area contributed by atoms with E-state index in [2.05, 4.69) is 10.6 Å². The van der Waals surface area contributed by atoms with E-state index < -0.39 is 35.7 Å². The molecule has 7 nitrogen and oxygen atoms in total. The van der Waals surface area contributed by atoms with Crippen molar-refractivity contribution in [3.8, 4) is 0 Å². The average molecular weight is 395 g/mol. The lowest BCUT2D eigenvalue weighted by Crippen LogP contribution is -2.54. The summed E-state index contributed by atoms with van der Waals surface area (Å²) in [6.07, 6.45) is 0.143. The fourth-order valence-corrected chi connectivity index (χ4v) is 3.77. The highest BCUT2D eigenvalue weighted by Crippen LogP contribution is 2.34. The molecular formula is C21H18FN3O4. The molecule has 2 aliphatic rings. The monoisotopic (exact) mass is 395 g/mol. The Balaban J connectivity index is 1.65. The highest BCUT2D eigenvalue weighted by Gasteiger charge is 2.45. The van der Waals surface area contributed by atoms with Gasteiger partial charge in [-0.25, -0.2) is 4.39 Å². The SMILES string of the molecule is C[C@@H](Nc1cccc2c1C(=O)N(C1CCC(=O)NC1=O)C2=O)c1ccccc1F. The smallest absolute Gasteiger partial charge is 0.264 e. The molecule has 2 N–H and O–H groups in total. The van der Waals surface area contributed by atoms with Crippen LogP contribution in [0.15, 0.2) is 42.5 Å². The van der Waals surface area contributed by atoms with E-state index in [1.54, 1.807) is 37.3 Å². The number of anilines is 1. The number of halogens is 1. The van der Waals surface area contributed by atoms with Gasteiger partial charge in [-0.15, -0.1) is 0 Å². The van der Waals surface area contributed by atoms with E-state index in [0.29, 0.717) is 11.3 Å². The zero-order valence-electron chi connectivity index (χ0n) is 15.6. The molecule has 2 aromatic rings. The van der Waals surface area contributed by atoms with E-state index in [9.17, 15) is 23.6 Å². The first-order valence-corrected chi connectivity index (χ1v) is 9.24. The van der Waals surface area contributed by atoms with Gasteiger partial charge < -0.3 is 5.32 Å². The Morgan fingerprint density at radius 2 is 1.83 bits per heavy atom. The zero-order chi connectivity index (χ0) is 20.7. The van der Waals surface area contributed by atoms with Crippen LogP contribution in [-0.4, -0.2) is 34.6 Å². The number of fused-ring (bicyclic) bond motifs is 1. The normalized spacial score (nSPS) is 19.8. The van der Waals surface area contributed by atoms with Crippen LogP contribution in [0.4, 0.5) is 10.1 Å². The number of piperidine rings is 1. The van der Waals surface area contributed by atoms with Gasteiger partial charge in [-0.05, 0) is 31.5 Å². The number of benzene rings is 2. The van der Waals surface area contributed by atoms with Gasteiger partial charge in [0.05, 0.1) is 17.2 Å². The lowest BCUT2D eigenvalue weighted by atomic mass is 10.0. The van der Waals surface area contributed by atoms with Gasteiger partial charge >= 0.3 is 0 Å². The van der Waals surface area contributed by atoms with Gasteiger partial charge in [0.15, 0.2) is 0 Å². The van der Waals surface area contributed by atoms with Crippen LogP contribution in [0.3, 0.4) is 0 Å². The summed E-state index contributed by atoms with van der Waals surface area (Å²) in [5.41, 5.74) is 1.12. The molecule has 0 bridgehead atoms. The Labute approximate surface area is 165 Å². The molecule has 1 unspecified atom stereocenters. The third kappa shape index (κ3) is 3.16. The van der Waals surface area contributed by atoms with Crippen LogP contribution in [0.1, 0.15) is 52.1 Å². The molecule has 2 aromatic carbocycles. The summed E-state index contributed by atoms with van der Waals surface area (Å²) < 4.78 is 14.1. The molecule has 1 saturated heterocycles. The predicted molar refractivity (Wildman–Crippen MR) is 102 cm³/mol. The first-order chi connectivity index (χ1) is 13.9. The van der Waals surface area contributed by atoms with E-state index in [1.165, 1.54) is 12.1 Å². The largest absolute Gasteiger partial charge is 0.378 e. The molecule has 29 heavy (non-hydrogen) atoms. The van der Waals surface area contributed by atoms with Crippen LogP contribution in [0.5, 0.6) is 0 Å². The molecule has 4 rings (SSSR count). The lowest BCUT2D eigenvalue weighted by molar-refractivity contribution is -0.136. The number of imide groups is 2. The molecule has 0 spiro atoms. The Kier molecular flexibility index (Phi) is 4.62. The van der Waals surface area contributed by atoms with Crippen molar-refractivity contribution in [2.24, 2.45) is 0 Å². The van der Waals surface area contributed by atoms with Crippen molar-refractivity contribution in [2.45, 2.75) is 31.8 Å². The number of amides is 4. The predicted octanol–water partition coefficient (Wildman–Crippen LogP) is 2.40. The number of hydrogen-bond acceptors (Lipinski definition) is 5. The minimum Gasteiger partial charge on any atom is -0.378 e. The van der Waals surface area contributed by atoms with Crippen molar-refractivity contribution < 1.29 is 23.6 Å². The second-order valence-electron chi connectivity index (χ2n) is 7.06. The molecule has 2 heterocycles. The number of hydrogen-bond donors (Lipinski definition) is 2. The van der Waals surface area contributed by atoms with Gasteiger partial charge in [-0.2, -0.15) is 0 Å². The molecule has 0 saturated carbocycles. The third-order valence-corrected chi connectivity index (χ3v) is 5.21. The summed E-state index contributed by atoms with van der Waals surface area (Å²) in [4.78, 5) is 50.4. The maximum atomic E-state index is 14.1. The van der Waals surface area contributed by atoms with Crippen LogP contribution < -0.4 is 10.6 Å². The lowest BCUT2D eigenvalue weighted by Gasteiger charge is -2.28. The Morgan fingerprint density at radius 1 is 1.07 bits per heavy atom. The van der Waals surface area contributed by atoms with Crippen LogP contribution in [0.2, 0.25) is 0 Å². The molecule has 0 aliphatic carbocycles. The Morgan fingerprint density at radius 3 is 2.55 bits per heavy atom. The van der Waals surface area contributed by atoms with Crippen molar-refractivity contribution in [3.05, 3.63) is 65.0 Å². The molecule has 148 valence electrons. The summed E-state index contributed by atoms with van der Waals surface area (Å²) in [7, 11) is 0. The highest BCUT2D eigenvalue weighted by atomic mass is 19.1. The minimum atomic E-state index is -1.03. The Bertz CT molecular complexity index is 1050. The molecule has 8 heteroatoms. The highest BCUT2D eigenvalue weighted by molar-refractivity contribution is 6.25. The molecule has 2 aliphatic heterocycles. The standard InChI is InChI=1S/C21H18FN3O4/c1-11(12-5-2-3-7-14(12)22)23-15-8-4-6-13-18(15)21(29)25(20(13)28)16-9-10-17(26)24-19(16)27/h2-8,11,16,23H,9-10H2,1H3,(H,24,26,27)/t11-,16?/m1/s1. The molecule has 4 amide bonds. The topological polar surface area (TPSA) is 95.6 Å². The Hall–Kier alpha value is -3.55. The van der Waals surface area contributed by atoms with Crippen LogP contribution >= 0.6 is 0 Å². The molecule has 0 radical (unpaired) electrons. The van der Waals surface area contributed by atoms with Gasteiger partial charge in [0.1, 0.15) is 11.9 Å². The van der Waals surface area contributed by atoms with Crippen LogP contribution in [0.25, 0.3) is 0 Å². The van der Waals surface area contributed by atoms with Gasteiger partial charge in [0.25, 0.3) is 11.8 Å². The summed E-state index contributed by atoms with van der Waals surface area (Å²) in [6.45, 7) is 1.75. The van der Waals surface area contributed by atoms with E-state index >= 15 is 0 Å². The van der Waals surface area contributed by atoms with Crippen LogP contribution in [-0.2, 0) is 9.59 Å². The summed E-state index contributed by atoms with van der Waals surface area (Å²) in [6, 6.07) is 9.56.